The number of aromatic carboxylic acids is 1. The number of aryl methyl sites for hydroxylation is 1. The molecule has 3 N–H and O–H groups in total. The lowest BCUT2D eigenvalue weighted by molar-refractivity contribution is 0.0687. The number of carbonyl (C=O) groups is 3. The highest BCUT2D eigenvalue weighted by Gasteiger charge is 2.22. The van der Waals surface area contributed by atoms with E-state index < -0.39 is 21.9 Å². The zero-order valence-electron chi connectivity index (χ0n) is 23.4. The number of carboxylic acid groups (broad SMARTS) is 1. The number of amides is 2. The molecule has 0 spiro atoms. The fourth-order valence-corrected chi connectivity index (χ4v) is 5.42. The topological polar surface area (TPSA) is 143 Å². The number of carbonyl (C=O) groups excluding carboxylic acids is 2. The van der Waals surface area contributed by atoms with E-state index in [1.54, 1.807) is 0 Å². The number of rotatable bonds is 15. The van der Waals surface area contributed by atoms with Gasteiger partial charge in [-0.2, -0.15) is 0 Å². The van der Waals surface area contributed by atoms with Gasteiger partial charge in [0.05, 0.1) is 10.5 Å². The minimum Gasteiger partial charge on any atom is -0.477 e. The van der Waals surface area contributed by atoms with E-state index in [0.717, 1.165) is 44.7 Å². The summed E-state index contributed by atoms with van der Waals surface area (Å²) in [5.41, 5.74) is 1.71. The van der Waals surface area contributed by atoms with Crippen molar-refractivity contribution in [3.8, 4) is 0 Å². The largest absolute Gasteiger partial charge is 0.477 e. The van der Waals surface area contributed by atoms with Gasteiger partial charge < -0.3 is 10.4 Å². The number of unbranched alkanes of at least 4 members (excludes halogenated alkanes) is 2. The van der Waals surface area contributed by atoms with E-state index in [4.69, 9.17) is 0 Å². The molecule has 0 aliphatic heterocycles. The van der Waals surface area contributed by atoms with Gasteiger partial charge in [-0.25, -0.2) is 22.9 Å². The van der Waals surface area contributed by atoms with Crippen molar-refractivity contribution in [1.82, 2.24) is 15.0 Å². The van der Waals surface area contributed by atoms with Gasteiger partial charge in [-0.1, -0.05) is 63.4 Å². The van der Waals surface area contributed by atoms with Gasteiger partial charge in [0, 0.05) is 18.3 Å². The monoisotopic (exact) mass is 579 g/mol. The summed E-state index contributed by atoms with van der Waals surface area (Å²) in [6.07, 6.45) is 7.01. The molecular formula is C31H37N3O6S. The summed E-state index contributed by atoms with van der Waals surface area (Å²) in [6.45, 7) is 4.56. The van der Waals surface area contributed by atoms with Crippen molar-refractivity contribution in [1.29, 1.82) is 0 Å². The maximum absolute atomic E-state index is 12.9. The molecule has 1 heterocycles. The highest BCUT2D eigenvalue weighted by molar-refractivity contribution is 7.90. The third kappa shape index (κ3) is 9.53. The van der Waals surface area contributed by atoms with Crippen LogP contribution in [0.4, 0.5) is 0 Å². The van der Waals surface area contributed by atoms with Crippen molar-refractivity contribution in [2.75, 3.05) is 6.54 Å². The number of hydrogen-bond donors (Lipinski definition) is 3. The number of aromatic nitrogens is 1. The molecule has 1 unspecified atom stereocenters. The van der Waals surface area contributed by atoms with Gasteiger partial charge in [-0.05, 0) is 73.1 Å². The van der Waals surface area contributed by atoms with Crippen LogP contribution in [-0.4, -0.2) is 42.8 Å². The second kappa shape index (κ2) is 15.1. The van der Waals surface area contributed by atoms with Crippen LogP contribution >= 0.6 is 0 Å². The van der Waals surface area contributed by atoms with Crippen LogP contribution < -0.4 is 10.0 Å². The van der Waals surface area contributed by atoms with Crippen LogP contribution in [0.1, 0.15) is 88.3 Å². The standard InChI is InChI=1S/C31H37N3O6S/c1-3-4-10-22(2)19-25-20-26(21-33-28(25)31(37)38)30(36)34-41(39,40)27-16-14-24(15-17-27)29(35)32-18-9-8-13-23-11-6-5-7-12-23/h5-7,11-12,14-17,20-22H,3-4,8-10,13,18-19H2,1-2H3,(H,32,35)(H,34,36)(H,37,38). The molecule has 218 valence electrons. The molecule has 9 nitrogen and oxygen atoms in total. The number of carboxylic acids is 1. The molecule has 3 rings (SSSR count). The zero-order chi connectivity index (χ0) is 29.8. The fourth-order valence-electron chi connectivity index (χ4n) is 4.44. The molecule has 1 aromatic heterocycles. The van der Waals surface area contributed by atoms with E-state index in [1.807, 2.05) is 29.8 Å². The van der Waals surface area contributed by atoms with Crippen LogP contribution in [0.25, 0.3) is 0 Å². The molecule has 41 heavy (non-hydrogen) atoms. The molecule has 0 bridgehead atoms. The van der Waals surface area contributed by atoms with Gasteiger partial charge in [0.25, 0.3) is 21.8 Å². The minimum absolute atomic E-state index is 0.0560. The van der Waals surface area contributed by atoms with E-state index in [2.05, 4.69) is 29.4 Å². The summed E-state index contributed by atoms with van der Waals surface area (Å²) in [5, 5.41) is 12.3. The summed E-state index contributed by atoms with van der Waals surface area (Å²) >= 11 is 0. The highest BCUT2D eigenvalue weighted by Crippen LogP contribution is 2.19. The van der Waals surface area contributed by atoms with Gasteiger partial charge in [0.2, 0.25) is 0 Å². The fraction of sp³-hybridized carbons (Fsp3) is 0.355. The van der Waals surface area contributed by atoms with Crippen LogP contribution in [0, 0.1) is 5.92 Å². The lowest BCUT2D eigenvalue weighted by Crippen LogP contribution is -2.31. The Labute approximate surface area is 241 Å². The van der Waals surface area contributed by atoms with Gasteiger partial charge in [-0.15, -0.1) is 0 Å². The van der Waals surface area contributed by atoms with Gasteiger partial charge in [-0.3, -0.25) is 9.59 Å². The summed E-state index contributed by atoms with van der Waals surface area (Å²) in [4.78, 5) is 40.7. The maximum Gasteiger partial charge on any atom is 0.354 e. The first kappa shape index (κ1) is 31.5. The minimum atomic E-state index is -4.25. The van der Waals surface area contributed by atoms with Gasteiger partial charge >= 0.3 is 5.97 Å². The number of benzene rings is 2. The Bertz CT molecular complexity index is 1440. The SMILES string of the molecule is CCCCC(C)Cc1cc(C(=O)NS(=O)(=O)c2ccc(C(=O)NCCCCc3ccccc3)cc2)cnc1C(=O)O. The smallest absolute Gasteiger partial charge is 0.354 e. The third-order valence-corrected chi connectivity index (χ3v) is 8.07. The van der Waals surface area contributed by atoms with E-state index in [1.165, 1.54) is 35.9 Å². The summed E-state index contributed by atoms with van der Waals surface area (Å²) in [5.74, 6) is -2.28. The van der Waals surface area contributed by atoms with Gasteiger partial charge in [0.15, 0.2) is 5.69 Å². The highest BCUT2D eigenvalue weighted by atomic mass is 32.2. The Hall–Kier alpha value is -4.05. The number of hydrogen-bond acceptors (Lipinski definition) is 6. The molecule has 0 fully saturated rings. The van der Waals surface area contributed by atoms with Crippen molar-refractivity contribution >= 4 is 27.8 Å². The van der Waals surface area contributed by atoms with Gasteiger partial charge in [0.1, 0.15) is 0 Å². The summed E-state index contributed by atoms with van der Waals surface area (Å²) < 4.78 is 27.7. The van der Waals surface area contributed by atoms with Crippen LogP contribution in [0.5, 0.6) is 0 Å². The third-order valence-electron chi connectivity index (χ3n) is 6.72. The molecule has 0 saturated heterocycles. The maximum atomic E-state index is 12.9. The molecule has 3 aromatic rings. The Morgan fingerprint density at radius 3 is 2.29 bits per heavy atom. The summed E-state index contributed by atoms with van der Waals surface area (Å²) in [6, 6.07) is 16.8. The predicted molar refractivity (Wildman–Crippen MR) is 156 cm³/mol. The number of nitrogens with one attached hydrogen (secondary N) is 2. The quantitative estimate of drug-likeness (QED) is 0.215. The second-order valence-corrected chi connectivity index (χ2v) is 11.8. The molecule has 0 radical (unpaired) electrons. The average molecular weight is 580 g/mol. The van der Waals surface area contributed by atoms with Crippen molar-refractivity contribution in [3.05, 3.63) is 94.8 Å². The molecule has 10 heteroatoms. The van der Waals surface area contributed by atoms with E-state index >= 15 is 0 Å². The lowest BCUT2D eigenvalue weighted by Gasteiger charge is -2.14. The van der Waals surface area contributed by atoms with Crippen molar-refractivity contribution in [2.24, 2.45) is 5.92 Å². The number of nitrogens with zero attached hydrogens (tertiary/aromatic N) is 1. The van der Waals surface area contributed by atoms with Crippen molar-refractivity contribution in [2.45, 2.75) is 63.7 Å². The number of pyridine rings is 1. The Morgan fingerprint density at radius 2 is 1.63 bits per heavy atom. The van der Waals surface area contributed by atoms with Crippen LogP contribution in [0.15, 0.2) is 71.8 Å². The van der Waals surface area contributed by atoms with E-state index in [0.29, 0.717) is 24.1 Å². The Kier molecular flexibility index (Phi) is 11.6. The molecule has 0 aliphatic carbocycles. The molecule has 2 aromatic carbocycles. The average Bonchev–Trinajstić information content (AvgIpc) is 2.96. The second-order valence-electron chi connectivity index (χ2n) is 10.1. The first-order chi connectivity index (χ1) is 19.6. The van der Waals surface area contributed by atoms with Crippen molar-refractivity contribution in [3.63, 3.8) is 0 Å². The Morgan fingerprint density at radius 1 is 0.927 bits per heavy atom. The molecule has 2 amide bonds. The molecule has 1 atom stereocenters. The molecular weight excluding hydrogens is 542 g/mol. The molecule has 0 saturated carbocycles. The molecule has 0 aliphatic rings. The normalized spacial score (nSPS) is 12.0. The summed E-state index contributed by atoms with van der Waals surface area (Å²) in [7, 11) is -4.25. The lowest BCUT2D eigenvalue weighted by atomic mass is 9.94. The zero-order valence-corrected chi connectivity index (χ0v) is 24.2. The van der Waals surface area contributed by atoms with E-state index in [-0.39, 0.29) is 28.0 Å². The van der Waals surface area contributed by atoms with E-state index in [9.17, 15) is 27.9 Å². The van der Waals surface area contributed by atoms with Crippen LogP contribution in [0.3, 0.4) is 0 Å². The van der Waals surface area contributed by atoms with Crippen LogP contribution in [-0.2, 0) is 22.9 Å². The Balaban J connectivity index is 1.59. The first-order valence-electron chi connectivity index (χ1n) is 13.8. The number of sulfonamides is 1. The van der Waals surface area contributed by atoms with Crippen LogP contribution in [0.2, 0.25) is 0 Å². The first-order valence-corrected chi connectivity index (χ1v) is 15.3. The van der Waals surface area contributed by atoms with Crippen molar-refractivity contribution < 1.29 is 27.9 Å². The predicted octanol–water partition coefficient (Wildman–Crippen LogP) is 5.02.